The van der Waals surface area contributed by atoms with Gasteiger partial charge in [0.05, 0.1) is 0 Å². The number of nitrogens with zero attached hydrogens (tertiary/aromatic N) is 2. The normalized spacial score (nSPS) is 18.2. The molecule has 4 heteroatoms. The van der Waals surface area contributed by atoms with Gasteiger partial charge in [-0.25, -0.2) is 4.98 Å². The quantitative estimate of drug-likeness (QED) is 0.637. The van der Waals surface area contributed by atoms with Crippen LogP contribution in [0, 0.1) is 5.92 Å². The molecule has 1 aromatic carbocycles. The van der Waals surface area contributed by atoms with Crippen LogP contribution in [-0.2, 0) is 13.0 Å². The lowest BCUT2D eigenvalue weighted by Crippen LogP contribution is -2.17. The zero-order valence-corrected chi connectivity index (χ0v) is 17.4. The Hall–Kier alpha value is -1.65. The second kappa shape index (κ2) is 8.57. The van der Waals surface area contributed by atoms with Gasteiger partial charge in [-0.1, -0.05) is 19.1 Å². The Bertz CT molecular complexity index is 798. The average Bonchev–Trinajstić information content (AvgIpc) is 3.14. The molecule has 1 saturated carbocycles. The van der Waals surface area contributed by atoms with Gasteiger partial charge in [0.2, 0.25) is 0 Å². The minimum Gasteiger partial charge on any atom is -0.385 e. The van der Waals surface area contributed by atoms with Crippen LogP contribution in [0.25, 0.3) is 11.6 Å². The highest BCUT2D eigenvalue weighted by molar-refractivity contribution is 7.12. The average molecular weight is 382 g/mol. The Morgan fingerprint density at radius 1 is 1.30 bits per heavy atom. The minimum atomic E-state index is 0.889. The summed E-state index contributed by atoms with van der Waals surface area (Å²) < 4.78 is 0. The molecule has 0 amide bonds. The van der Waals surface area contributed by atoms with E-state index in [1.807, 2.05) is 11.3 Å². The second-order valence-electron chi connectivity index (χ2n) is 7.99. The first-order valence-electron chi connectivity index (χ1n) is 10.4. The summed E-state index contributed by atoms with van der Waals surface area (Å²) in [5.74, 6) is 0.889. The molecule has 0 atom stereocenters. The van der Waals surface area contributed by atoms with Crippen LogP contribution in [0.3, 0.4) is 0 Å². The van der Waals surface area contributed by atoms with Gasteiger partial charge in [-0.15, -0.1) is 11.3 Å². The number of rotatable bonds is 8. The molecule has 144 valence electrons. The van der Waals surface area contributed by atoms with Gasteiger partial charge in [-0.2, -0.15) is 0 Å². The van der Waals surface area contributed by atoms with Crippen molar-refractivity contribution in [1.82, 2.24) is 9.88 Å². The Morgan fingerprint density at radius 3 is 2.85 bits per heavy atom. The smallest absolute Gasteiger partial charge is 0.119 e. The lowest BCUT2D eigenvalue weighted by atomic mass is 10.0. The van der Waals surface area contributed by atoms with E-state index >= 15 is 0 Å². The first-order valence-corrected chi connectivity index (χ1v) is 11.3. The van der Waals surface area contributed by atoms with Gasteiger partial charge in [-0.05, 0) is 86.9 Å². The fraction of sp³-hybridized carbons (Fsp3) is 0.522. The third kappa shape index (κ3) is 4.80. The van der Waals surface area contributed by atoms with E-state index in [2.05, 4.69) is 54.5 Å². The fourth-order valence-electron chi connectivity index (χ4n) is 3.90. The van der Waals surface area contributed by atoms with Crippen LogP contribution in [0.1, 0.15) is 60.5 Å². The van der Waals surface area contributed by atoms with Crippen molar-refractivity contribution in [2.24, 2.45) is 5.92 Å². The summed E-state index contributed by atoms with van der Waals surface area (Å²) in [7, 11) is 0. The van der Waals surface area contributed by atoms with Gasteiger partial charge < -0.3 is 5.32 Å². The first-order chi connectivity index (χ1) is 13.2. The molecule has 27 heavy (non-hydrogen) atoms. The molecule has 0 radical (unpaired) electrons. The van der Waals surface area contributed by atoms with E-state index in [4.69, 9.17) is 4.98 Å². The molecule has 1 aliphatic heterocycles. The lowest BCUT2D eigenvalue weighted by Gasteiger charge is -2.14. The summed E-state index contributed by atoms with van der Waals surface area (Å²) in [5.41, 5.74) is 5.32. The molecule has 1 aromatic heterocycles. The van der Waals surface area contributed by atoms with E-state index in [1.54, 1.807) is 0 Å². The topological polar surface area (TPSA) is 28.2 Å². The van der Waals surface area contributed by atoms with Crippen LogP contribution in [0.15, 0.2) is 24.4 Å². The van der Waals surface area contributed by atoms with Crippen LogP contribution < -0.4 is 5.32 Å². The predicted octanol–water partition coefficient (Wildman–Crippen LogP) is 5.68. The number of thiazole rings is 1. The number of benzene rings is 1. The third-order valence-electron chi connectivity index (χ3n) is 5.68. The number of allylic oxidation sites excluding steroid dienone is 1. The largest absolute Gasteiger partial charge is 0.385 e. The molecule has 3 nitrogen and oxygen atoms in total. The first kappa shape index (κ1) is 18.7. The van der Waals surface area contributed by atoms with Crippen LogP contribution in [-0.4, -0.2) is 29.5 Å². The van der Waals surface area contributed by atoms with Crippen molar-refractivity contribution < 1.29 is 0 Å². The molecule has 0 spiro atoms. The van der Waals surface area contributed by atoms with Gasteiger partial charge >= 0.3 is 0 Å². The van der Waals surface area contributed by atoms with Crippen molar-refractivity contribution in [1.29, 1.82) is 0 Å². The van der Waals surface area contributed by atoms with E-state index in [9.17, 15) is 0 Å². The molecule has 2 aliphatic rings. The van der Waals surface area contributed by atoms with E-state index < -0.39 is 0 Å². The minimum absolute atomic E-state index is 0.889. The zero-order valence-electron chi connectivity index (χ0n) is 16.6. The molecule has 1 N–H and O–H groups in total. The number of aromatic nitrogens is 1. The zero-order chi connectivity index (χ0) is 18.6. The molecule has 0 bridgehead atoms. The Labute approximate surface area is 167 Å². The number of nitrogens with one attached hydrogen (secondary N) is 1. The summed E-state index contributed by atoms with van der Waals surface area (Å²) in [6, 6.07) is 6.64. The number of anilines is 1. The lowest BCUT2D eigenvalue weighted by molar-refractivity contribution is 0.334. The van der Waals surface area contributed by atoms with Crippen molar-refractivity contribution in [2.75, 3.05) is 25.0 Å². The standard InChI is InChI=1S/C23H31N3S/c1-3-21-19(7-6-8-22(21)24-14-18-9-10-18)13-17(2)23-25-15-20(27-23)16-26-11-4-5-12-26/h6-8,13,15,18,24H,3-5,9-12,14,16H2,1-2H3/b17-13+. The van der Waals surface area contributed by atoms with E-state index in [0.717, 1.165) is 30.4 Å². The van der Waals surface area contributed by atoms with E-state index in [1.165, 1.54) is 66.0 Å². The molecule has 1 aliphatic carbocycles. The maximum Gasteiger partial charge on any atom is 0.119 e. The van der Waals surface area contributed by atoms with E-state index in [-0.39, 0.29) is 0 Å². The SMILES string of the molecule is CCc1c(/C=C(\C)c2ncc(CN3CCCC3)s2)cccc1NCC1CC1. The molecule has 4 rings (SSSR count). The third-order valence-corrected chi connectivity index (χ3v) is 6.80. The highest BCUT2D eigenvalue weighted by atomic mass is 32.1. The van der Waals surface area contributed by atoms with Gasteiger partial charge in [0, 0.05) is 29.9 Å². The predicted molar refractivity (Wildman–Crippen MR) is 117 cm³/mol. The van der Waals surface area contributed by atoms with Gasteiger partial charge in [0.1, 0.15) is 5.01 Å². The molecule has 1 saturated heterocycles. The molecular weight excluding hydrogens is 350 g/mol. The molecular formula is C23H31N3S. The summed E-state index contributed by atoms with van der Waals surface area (Å²) in [4.78, 5) is 8.63. The summed E-state index contributed by atoms with van der Waals surface area (Å²) >= 11 is 1.85. The second-order valence-corrected chi connectivity index (χ2v) is 9.11. The molecule has 0 unspecified atom stereocenters. The Kier molecular flexibility index (Phi) is 5.94. The fourth-order valence-corrected chi connectivity index (χ4v) is 4.82. The molecule has 2 aromatic rings. The molecule has 2 heterocycles. The summed E-state index contributed by atoms with van der Waals surface area (Å²) in [5, 5.41) is 4.83. The van der Waals surface area contributed by atoms with E-state index in [0.29, 0.717) is 0 Å². The Morgan fingerprint density at radius 2 is 2.11 bits per heavy atom. The van der Waals surface area contributed by atoms with Crippen molar-refractivity contribution >= 4 is 28.7 Å². The monoisotopic (exact) mass is 381 g/mol. The highest BCUT2D eigenvalue weighted by Crippen LogP contribution is 2.31. The summed E-state index contributed by atoms with van der Waals surface area (Å²) in [6.45, 7) is 9.10. The Balaban J connectivity index is 1.49. The highest BCUT2D eigenvalue weighted by Gasteiger charge is 2.21. The van der Waals surface area contributed by atoms with Gasteiger partial charge in [0.15, 0.2) is 0 Å². The van der Waals surface area contributed by atoms with Crippen LogP contribution in [0.5, 0.6) is 0 Å². The van der Waals surface area contributed by atoms with Crippen LogP contribution in [0.4, 0.5) is 5.69 Å². The number of hydrogen-bond donors (Lipinski definition) is 1. The van der Waals surface area contributed by atoms with Crippen LogP contribution >= 0.6 is 11.3 Å². The van der Waals surface area contributed by atoms with Crippen molar-refractivity contribution in [3.8, 4) is 0 Å². The van der Waals surface area contributed by atoms with Gasteiger partial charge in [0.25, 0.3) is 0 Å². The number of hydrogen-bond acceptors (Lipinski definition) is 4. The molecule has 2 fully saturated rings. The van der Waals surface area contributed by atoms with Crippen molar-refractivity contribution in [3.05, 3.63) is 45.4 Å². The van der Waals surface area contributed by atoms with Crippen molar-refractivity contribution in [3.63, 3.8) is 0 Å². The summed E-state index contributed by atoms with van der Waals surface area (Å²) in [6.07, 6.45) is 10.9. The van der Waals surface area contributed by atoms with Gasteiger partial charge in [-0.3, -0.25) is 4.90 Å². The van der Waals surface area contributed by atoms with Crippen molar-refractivity contribution in [2.45, 2.75) is 52.5 Å². The number of likely N-dealkylation sites (tertiary alicyclic amines) is 1. The maximum atomic E-state index is 4.71. The van der Waals surface area contributed by atoms with Crippen LogP contribution in [0.2, 0.25) is 0 Å². The maximum absolute atomic E-state index is 4.71.